The molecule has 3 aromatic rings. The molecule has 122 valence electrons. The lowest BCUT2D eigenvalue weighted by molar-refractivity contribution is 0.262. The van der Waals surface area contributed by atoms with Crippen LogP contribution in [0.2, 0.25) is 0 Å². The molecule has 1 heterocycles. The van der Waals surface area contributed by atoms with E-state index >= 15 is 0 Å². The molecule has 0 aliphatic carbocycles. The van der Waals surface area contributed by atoms with Crippen molar-refractivity contribution in [1.29, 1.82) is 0 Å². The minimum Gasteiger partial charge on any atom is -0.339 e. The molecular weight excluding hydrogens is 304 g/mol. The fraction of sp³-hybridized carbons (Fsp3) is 0.167. The number of amides is 2. The summed E-state index contributed by atoms with van der Waals surface area (Å²) in [5.74, 6) is 1.04. The van der Waals surface area contributed by atoms with Gasteiger partial charge in [0.2, 0.25) is 11.7 Å². The summed E-state index contributed by atoms with van der Waals surface area (Å²) < 4.78 is 4.96. The molecular formula is C18H18N4O2. The Labute approximate surface area is 139 Å². The van der Waals surface area contributed by atoms with Gasteiger partial charge in [0.1, 0.15) is 0 Å². The van der Waals surface area contributed by atoms with E-state index < -0.39 is 0 Å². The summed E-state index contributed by atoms with van der Waals surface area (Å²) in [7, 11) is 0. The third-order valence-corrected chi connectivity index (χ3v) is 3.65. The lowest BCUT2D eigenvalue weighted by Gasteiger charge is -2.12. The number of nitrogens with zero attached hydrogens (tertiary/aromatic N) is 2. The molecule has 0 atom stereocenters. The summed E-state index contributed by atoms with van der Waals surface area (Å²) in [6.45, 7) is 5.67. The van der Waals surface area contributed by atoms with Gasteiger partial charge >= 0.3 is 6.03 Å². The summed E-state index contributed by atoms with van der Waals surface area (Å²) in [6.07, 6.45) is 0. The van der Waals surface area contributed by atoms with Gasteiger partial charge in [0.25, 0.3) is 0 Å². The molecule has 1 aromatic heterocycles. The van der Waals surface area contributed by atoms with E-state index in [4.69, 9.17) is 4.52 Å². The first kappa shape index (κ1) is 15.7. The molecule has 0 unspecified atom stereocenters. The maximum absolute atomic E-state index is 12.2. The Morgan fingerprint density at radius 3 is 2.21 bits per heavy atom. The number of para-hydroxylation sites is 1. The van der Waals surface area contributed by atoms with Gasteiger partial charge in [-0.3, -0.25) is 0 Å². The van der Waals surface area contributed by atoms with Gasteiger partial charge < -0.3 is 15.2 Å². The third kappa shape index (κ3) is 3.43. The molecule has 0 aliphatic heterocycles. The summed E-state index contributed by atoms with van der Waals surface area (Å²) in [4.78, 5) is 16.4. The van der Waals surface area contributed by atoms with Crippen molar-refractivity contribution in [3.8, 4) is 11.4 Å². The van der Waals surface area contributed by atoms with E-state index in [0.717, 1.165) is 22.4 Å². The maximum atomic E-state index is 12.2. The average molecular weight is 322 g/mol. The molecule has 6 heteroatoms. The van der Waals surface area contributed by atoms with Gasteiger partial charge in [0, 0.05) is 23.9 Å². The monoisotopic (exact) mass is 322 g/mol. The number of benzene rings is 2. The highest BCUT2D eigenvalue weighted by molar-refractivity contribution is 6.00. The number of hydrogen-bond acceptors (Lipinski definition) is 4. The summed E-state index contributed by atoms with van der Waals surface area (Å²) in [6, 6.07) is 12.9. The van der Waals surface area contributed by atoms with Crippen molar-refractivity contribution in [3.05, 3.63) is 59.5 Å². The molecule has 0 fully saturated rings. The normalized spacial score (nSPS) is 10.5. The summed E-state index contributed by atoms with van der Waals surface area (Å²) in [5, 5.41) is 9.57. The number of hydrogen-bond donors (Lipinski definition) is 2. The fourth-order valence-corrected chi connectivity index (χ4v) is 2.41. The zero-order valence-electron chi connectivity index (χ0n) is 13.8. The van der Waals surface area contributed by atoms with Crippen molar-refractivity contribution in [2.45, 2.75) is 20.8 Å². The molecule has 2 aromatic carbocycles. The van der Waals surface area contributed by atoms with Gasteiger partial charge in [0.15, 0.2) is 0 Å². The molecule has 0 saturated heterocycles. The van der Waals surface area contributed by atoms with Crippen molar-refractivity contribution in [2.24, 2.45) is 0 Å². The average Bonchev–Trinajstić information content (AvgIpc) is 2.98. The third-order valence-electron chi connectivity index (χ3n) is 3.65. The highest BCUT2D eigenvalue weighted by atomic mass is 16.5. The predicted octanol–water partition coefficient (Wildman–Crippen LogP) is 4.31. The van der Waals surface area contributed by atoms with Crippen molar-refractivity contribution in [3.63, 3.8) is 0 Å². The molecule has 2 amide bonds. The molecule has 0 bridgehead atoms. The number of aromatic nitrogens is 2. The zero-order chi connectivity index (χ0) is 17.1. The number of carbonyl (C=O) groups excluding carboxylic acids is 1. The van der Waals surface area contributed by atoms with Gasteiger partial charge in [-0.2, -0.15) is 4.98 Å². The van der Waals surface area contributed by atoms with E-state index in [-0.39, 0.29) is 6.03 Å². The SMILES string of the molecule is Cc1nc(-c2ccc(NC(=O)Nc3c(C)cccc3C)cc2)no1. The molecule has 24 heavy (non-hydrogen) atoms. The van der Waals surface area contributed by atoms with Crippen LogP contribution >= 0.6 is 0 Å². The fourth-order valence-electron chi connectivity index (χ4n) is 2.41. The number of urea groups is 1. The van der Waals surface area contributed by atoms with E-state index in [9.17, 15) is 4.79 Å². The zero-order valence-corrected chi connectivity index (χ0v) is 13.8. The van der Waals surface area contributed by atoms with Gasteiger partial charge in [0.05, 0.1) is 0 Å². The van der Waals surface area contributed by atoms with Gasteiger partial charge in [-0.1, -0.05) is 23.4 Å². The molecule has 0 radical (unpaired) electrons. The molecule has 0 saturated carbocycles. The first-order valence-electron chi connectivity index (χ1n) is 7.58. The van der Waals surface area contributed by atoms with Crippen molar-refractivity contribution >= 4 is 17.4 Å². The largest absolute Gasteiger partial charge is 0.339 e. The van der Waals surface area contributed by atoms with Crippen LogP contribution in [0.15, 0.2) is 47.0 Å². The van der Waals surface area contributed by atoms with Crippen LogP contribution in [0.3, 0.4) is 0 Å². The lowest BCUT2D eigenvalue weighted by Crippen LogP contribution is -2.20. The Hall–Kier alpha value is -3.15. The second kappa shape index (κ2) is 6.54. The number of aryl methyl sites for hydroxylation is 3. The highest BCUT2D eigenvalue weighted by Crippen LogP contribution is 2.21. The molecule has 6 nitrogen and oxygen atoms in total. The Balaban J connectivity index is 1.69. The van der Waals surface area contributed by atoms with E-state index in [1.54, 1.807) is 19.1 Å². The van der Waals surface area contributed by atoms with Crippen molar-refractivity contribution < 1.29 is 9.32 Å². The predicted molar refractivity (Wildman–Crippen MR) is 93.0 cm³/mol. The van der Waals surface area contributed by atoms with Crippen LogP contribution in [0, 0.1) is 20.8 Å². The van der Waals surface area contributed by atoms with Gasteiger partial charge in [-0.25, -0.2) is 4.79 Å². The molecule has 0 aliphatic rings. The number of rotatable bonds is 3. The quantitative estimate of drug-likeness (QED) is 0.753. The first-order chi connectivity index (χ1) is 11.5. The maximum Gasteiger partial charge on any atom is 0.323 e. The number of anilines is 2. The lowest BCUT2D eigenvalue weighted by atomic mass is 10.1. The Kier molecular flexibility index (Phi) is 4.29. The smallest absolute Gasteiger partial charge is 0.323 e. The standard InChI is InChI=1S/C18H18N4O2/c1-11-5-4-6-12(2)16(11)21-18(23)20-15-9-7-14(8-10-15)17-19-13(3)24-22-17/h4-10H,1-3H3,(H2,20,21,23). The topological polar surface area (TPSA) is 80.0 Å². The Morgan fingerprint density at radius 1 is 0.958 bits per heavy atom. The minimum absolute atomic E-state index is 0.282. The Bertz CT molecular complexity index is 849. The molecule has 2 N–H and O–H groups in total. The van der Waals surface area contributed by atoms with Crippen LogP contribution in [-0.4, -0.2) is 16.2 Å². The van der Waals surface area contributed by atoms with Crippen LogP contribution < -0.4 is 10.6 Å². The van der Waals surface area contributed by atoms with E-state index in [1.165, 1.54) is 0 Å². The van der Waals surface area contributed by atoms with E-state index in [1.807, 2.05) is 44.2 Å². The number of nitrogens with one attached hydrogen (secondary N) is 2. The van der Waals surface area contributed by atoms with Crippen LogP contribution in [0.4, 0.5) is 16.2 Å². The van der Waals surface area contributed by atoms with Gasteiger partial charge in [-0.15, -0.1) is 0 Å². The Morgan fingerprint density at radius 2 is 1.62 bits per heavy atom. The van der Waals surface area contributed by atoms with Gasteiger partial charge in [-0.05, 0) is 49.2 Å². The molecule has 3 rings (SSSR count). The van der Waals surface area contributed by atoms with Crippen LogP contribution in [0.25, 0.3) is 11.4 Å². The number of carbonyl (C=O) groups is 1. The minimum atomic E-state index is -0.282. The highest BCUT2D eigenvalue weighted by Gasteiger charge is 2.09. The van der Waals surface area contributed by atoms with Crippen LogP contribution in [0.1, 0.15) is 17.0 Å². The van der Waals surface area contributed by atoms with Crippen LogP contribution in [-0.2, 0) is 0 Å². The van der Waals surface area contributed by atoms with E-state index in [2.05, 4.69) is 20.8 Å². The summed E-state index contributed by atoms with van der Waals surface area (Å²) in [5.41, 5.74) is 4.38. The first-order valence-corrected chi connectivity index (χ1v) is 7.58. The van der Waals surface area contributed by atoms with E-state index in [0.29, 0.717) is 17.4 Å². The second-order valence-electron chi connectivity index (χ2n) is 5.56. The van der Waals surface area contributed by atoms with Crippen molar-refractivity contribution in [1.82, 2.24) is 10.1 Å². The van der Waals surface area contributed by atoms with Crippen LogP contribution in [0.5, 0.6) is 0 Å². The molecule has 0 spiro atoms. The summed E-state index contributed by atoms with van der Waals surface area (Å²) >= 11 is 0. The van der Waals surface area contributed by atoms with Crippen molar-refractivity contribution in [2.75, 3.05) is 10.6 Å². The second-order valence-corrected chi connectivity index (χ2v) is 5.56.